The van der Waals surface area contributed by atoms with Gasteiger partial charge in [-0.15, -0.1) is 5.10 Å². The number of nitrogens with one attached hydrogen (secondary N) is 2. The average Bonchev–Trinajstić information content (AvgIpc) is 3.03. The summed E-state index contributed by atoms with van der Waals surface area (Å²) in [6.45, 7) is 1.47. The van der Waals surface area contributed by atoms with Gasteiger partial charge in [0, 0.05) is 34.0 Å². The molecule has 2 aromatic carbocycles. The number of nitrogens with zero attached hydrogens (tertiary/aromatic N) is 2. The first-order chi connectivity index (χ1) is 12.0. The van der Waals surface area contributed by atoms with Crippen LogP contribution in [-0.4, -0.2) is 21.1 Å². The molecule has 0 unspecified atom stereocenters. The summed E-state index contributed by atoms with van der Waals surface area (Å²) in [6, 6.07) is 12.8. The fraction of sp³-hybridized carbons (Fsp3) is 0.118. The molecule has 8 heteroatoms. The van der Waals surface area contributed by atoms with Gasteiger partial charge in [-0.25, -0.2) is 4.98 Å². The third-order valence-electron chi connectivity index (χ3n) is 3.32. The molecule has 2 N–H and O–H groups in total. The topological polar surface area (TPSA) is 70.7 Å². The van der Waals surface area contributed by atoms with Crippen molar-refractivity contribution >= 4 is 46.6 Å². The molecule has 0 aliphatic carbocycles. The summed E-state index contributed by atoms with van der Waals surface area (Å²) in [5.41, 5.74) is 2.60. The van der Waals surface area contributed by atoms with Gasteiger partial charge in [0.05, 0.1) is 0 Å². The normalized spacial score (nSPS) is 10.7. The van der Waals surface area contributed by atoms with Gasteiger partial charge in [-0.3, -0.25) is 9.89 Å². The van der Waals surface area contributed by atoms with Gasteiger partial charge in [0.2, 0.25) is 11.1 Å². The van der Waals surface area contributed by atoms with E-state index in [0.29, 0.717) is 26.8 Å². The molecule has 0 fully saturated rings. The fourth-order valence-electron chi connectivity index (χ4n) is 2.14. The van der Waals surface area contributed by atoms with E-state index in [1.807, 2.05) is 36.4 Å². The van der Waals surface area contributed by atoms with Crippen LogP contribution in [0.3, 0.4) is 0 Å². The number of carbonyl (C=O) groups is 1. The van der Waals surface area contributed by atoms with Crippen LogP contribution in [0.15, 0.2) is 47.6 Å². The van der Waals surface area contributed by atoms with Crippen LogP contribution >= 0.6 is 35.0 Å². The number of rotatable bonds is 5. The minimum atomic E-state index is -0.105. The highest BCUT2D eigenvalue weighted by molar-refractivity contribution is 7.98. The molecule has 0 aliphatic heterocycles. The van der Waals surface area contributed by atoms with Crippen LogP contribution in [0.1, 0.15) is 12.5 Å². The van der Waals surface area contributed by atoms with Gasteiger partial charge < -0.3 is 5.32 Å². The second-order valence-electron chi connectivity index (χ2n) is 5.25. The highest BCUT2D eigenvalue weighted by Crippen LogP contribution is 2.28. The number of hydrogen-bond acceptors (Lipinski definition) is 4. The molecule has 1 aromatic heterocycles. The summed E-state index contributed by atoms with van der Waals surface area (Å²) in [6.07, 6.45) is 0. The van der Waals surface area contributed by atoms with Crippen molar-refractivity contribution in [1.82, 2.24) is 15.2 Å². The maximum absolute atomic E-state index is 11.0. The van der Waals surface area contributed by atoms with Crippen molar-refractivity contribution in [2.75, 3.05) is 5.32 Å². The van der Waals surface area contributed by atoms with E-state index in [0.717, 1.165) is 16.8 Å². The van der Waals surface area contributed by atoms with Gasteiger partial charge in [0.25, 0.3) is 0 Å². The van der Waals surface area contributed by atoms with Gasteiger partial charge >= 0.3 is 0 Å². The van der Waals surface area contributed by atoms with E-state index < -0.39 is 0 Å². The van der Waals surface area contributed by atoms with E-state index in [9.17, 15) is 4.79 Å². The molecule has 3 aromatic rings. The van der Waals surface area contributed by atoms with Crippen molar-refractivity contribution in [2.24, 2.45) is 0 Å². The Kier molecular flexibility index (Phi) is 5.63. The highest BCUT2D eigenvalue weighted by Gasteiger charge is 2.08. The Hall–Kier alpha value is -2.02. The minimum Gasteiger partial charge on any atom is -0.326 e. The van der Waals surface area contributed by atoms with Crippen LogP contribution in [0.25, 0.3) is 11.4 Å². The number of hydrogen-bond donors (Lipinski definition) is 2. The Morgan fingerprint density at radius 2 is 1.96 bits per heavy atom. The van der Waals surface area contributed by atoms with Crippen molar-refractivity contribution in [1.29, 1.82) is 0 Å². The van der Waals surface area contributed by atoms with Crippen LogP contribution < -0.4 is 5.32 Å². The third kappa shape index (κ3) is 4.75. The standard InChI is InChI=1S/C17H14Cl2N4OS/c1-10(24)20-14-6-3-11(4-7-14)16-21-17(23-22-16)25-9-12-2-5-13(18)8-15(12)19/h2-8H,9H2,1H3,(H,20,24)(H,21,22,23). The lowest BCUT2D eigenvalue weighted by Crippen LogP contribution is -2.05. The first-order valence-electron chi connectivity index (χ1n) is 7.38. The maximum Gasteiger partial charge on any atom is 0.221 e. The summed E-state index contributed by atoms with van der Waals surface area (Å²) in [5, 5.41) is 11.7. The molecule has 0 saturated carbocycles. The van der Waals surface area contributed by atoms with Crippen LogP contribution in [0.2, 0.25) is 10.0 Å². The van der Waals surface area contributed by atoms with Crippen LogP contribution in [0, 0.1) is 0 Å². The summed E-state index contributed by atoms with van der Waals surface area (Å²) in [7, 11) is 0. The first-order valence-corrected chi connectivity index (χ1v) is 9.12. The zero-order valence-corrected chi connectivity index (χ0v) is 15.5. The van der Waals surface area contributed by atoms with Crippen molar-refractivity contribution in [3.63, 3.8) is 0 Å². The average molecular weight is 393 g/mol. The Morgan fingerprint density at radius 3 is 2.64 bits per heavy atom. The third-order valence-corrected chi connectivity index (χ3v) is 4.80. The van der Waals surface area contributed by atoms with E-state index in [1.54, 1.807) is 6.07 Å². The molecule has 0 radical (unpaired) electrons. The Balaban J connectivity index is 1.66. The number of amides is 1. The zero-order valence-electron chi connectivity index (χ0n) is 13.2. The minimum absolute atomic E-state index is 0.105. The smallest absolute Gasteiger partial charge is 0.221 e. The molecule has 25 heavy (non-hydrogen) atoms. The van der Waals surface area contributed by atoms with Crippen LogP contribution in [0.5, 0.6) is 0 Å². The van der Waals surface area contributed by atoms with Gasteiger partial charge in [-0.1, -0.05) is 41.0 Å². The molecule has 128 valence electrons. The predicted molar refractivity (Wildman–Crippen MR) is 102 cm³/mol. The molecular weight excluding hydrogens is 379 g/mol. The van der Waals surface area contributed by atoms with Gasteiger partial charge in [-0.05, 0) is 42.0 Å². The number of halogens is 2. The number of aromatic amines is 1. The van der Waals surface area contributed by atoms with E-state index in [2.05, 4.69) is 20.5 Å². The zero-order chi connectivity index (χ0) is 17.8. The Bertz CT molecular complexity index is 896. The van der Waals surface area contributed by atoms with Crippen LogP contribution in [0.4, 0.5) is 5.69 Å². The summed E-state index contributed by atoms with van der Waals surface area (Å²) in [4.78, 5) is 15.5. The lowest BCUT2D eigenvalue weighted by molar-refractivity contribution is -0.114. The highest BCUT2D eigenvalue weighted by atomic mass is 35.5. The first kappa shape index (κ1) is 17.8. The second kappa shape index (κ2) is 7.91. The van der Waals surface area contributed by atoms with E-state index >= 15 is 0 Å². The molecule has 5 nitrogen and oxygen atoms in total. The van der Waals surface area contributed by atoms with Crippen molar-refractivity contribution in [3.05, 3.63) is 58.1 Å². The van der Waals surface area contributed by atoms with E-state index in [1.165, 1.54) is 18.7 Å². The van der Waals surface area contributed by atoms with E-state index in [4.69, 9.17) is 23.2 Å². The molecular formula is C17H14Cl2N4OS. The van der Waals surface area contributed by atoms with Crippen molar-refractivity contribution in [3.8, 4) is 11.4 Å². The largest absolute Gasteiger partial charge is 0.326 e. The van der Waals surface area contributed by atoms with E-state index in [-0.39, 0.29) is 5.91 Å². The van der Waals surface area contributed by atoms with Gasteiger partial charge in [0.15, 0.2) is 5.82 Å². The summed E-state index contributed by atoms with van der Waals surface area (Å²) in [5.74, 6) is 1.21. The molecule has 0 atom stereocenters. The number of benzene rings is 2. The molecule has 3 rings (SSSR count). The molecule has 0 bridgehead atoms. The van der Waals surface area contributed by atoms with Gasteiger partial charge in [0.1, 0.15) is 0 Å². The quantitative estimate of drug-likeness (QED) is 0.597. The molecule has 0 spiro atoms. The lowest BCUT2D eigenvalue weighted by atomic mass is 10.2. The number of thioether (sulfide) groups is 1. The Morgan fingerprint density at radius 1 is 1.20 bits per heavy atom. The molecule has 1 heterocycles. The summed E-state index contributed by atoms with van der Waals surface area (Å²) < 4.78 is 0. The number of anilines is 1. The second-order valence-corrected chi connectivity index (χ2v) is 7.04. The Labute approximate surface area is 159 Å². The fourth-order valence-corrected chi connectivity index (χ4v) is 3.49. The number of aromatic nitrogens is 3. The van der Waals surface area contributed by atoms with Crippen molar-refractivity contribution < 1.29 is 4.79 Å². The number of carbonyl (C=O) groups excluding carboxylic acids is 1. The number of H-pyrrole nitrogens is 1. The molecule has 0 saturated heterocycles. The lowest BCUT2D eigenvalue weighted by Gasteiger charge is -2.02. The molecule has 1 amide bonds. The van der Waals surface area contributed by atoms with Crippen molar-refractivity contribution in [2.45, 2.75) is 17.8 Å². The maximum atomic E-state index is 11.0. The SMILES string of the molecule is CC(=O)Nc1ccc(-c2nc(SCc3ccc(Cl)cc3Cl)n[nH]2)cc1. The van der Waals surface area contributed by atoms with Crippen LogP contribution in [-0.2, 0) is 10.5 Å². The monoisotopic (exact) mass is 392 g/mol. The molecule has 0 aliphatic rings. The summed E-state index contributed by atoms with van der Waals surface area (Å²) >= 11 is 13.6. The van der Waals surface area contributed by atoms with Gasteiger partial charge in [-0.2, -0.15) is 0 Å². The predicted octanol–water partition coefficient (Wildman–Crippen LogP) is 5.03.